The first-order valence-corrected chi connectivity index (χ1v) is 6.89. The van der Waals surface area contributed by atoms with E-state index >= 15 is 0 Å². The number of aromatic nitrogens is 2. The normalized spacial score (nSPS) is 10.6. The zero-order valence-corrected chi connectivity index (χ0v) is 11.0. The van der Waals surface area contributed by atoms with E-state index < -0.39 is 0 Å². The number of aromatic amines is 1. The molecule has 1 aromatic carbocycles. The minimum absolute atomic E-state index is 0.216. The maximum Gasteiger partial charge on any atom is 0.262 e. The first-order valence-electron chi connectivity index (χ1n) is 5.50. The Bertz CT molecular complexity index is 605. The number of aromatic hydroxyl groups is 1. The molecule has 94 valence electrons. The van der Waals surface area contributed by atoms with E-state index in [1.807, 2.05) is 25.3 Å². The number of hydrogen-bond donors (Lipinski definition) is 2. The Morgan fingerprint density at radius 1 is 1.33 bits per heavy atom. The predicted octanol–water partition coefficient (Wildman–Crippen LogP) is 2.31. The molecule has 0 atom stereocenters. The summed E-state index contributed by atoms with van der Waals surface area (Å²) in [5, 5.41) is 9.88. The fraction of sp³-hybridized carbons (Fsp3) is 0.231. The van der Waals surface area contributed by atoms with E-state index in [1.54, 1.807) is 12.1 Å². The number of aryl methyl sites for hydroxylation is 1. The highest BCUT2D eigenvalue weighted by Crippen LogP contribution is 2.23. The van der Waals surface area contributed by atoms with Crippen LogP contribution in [0.2, 0.25) is 0 Å². The van der Waals surface area contributed by atoms with Gasteiger partial charge in [0.05, 0.1) is 5.75 Å². The van der Waals surface area contributed by atoms with Crippen LogP contribution in [0.3, 0.4) is 0 Å². The van der Waals surface area contributed by atoms with Crippen LogP contribution in [0, 0.1) is 6.92 Å². The fourth-order valence-corrected chi connectivity index (χ4v) is 2.10. The molecule has 4 nitrogen and oxygen atoms in total. The molecule has 0 amide bonds. The predicted molar refractivity (Wildman–Crippen MR) is 73.9 cm³/mol. The molecule has 0 fully saturated rings. The van der Waals surface area contributed by atoms with Gasteiger partial charge in [-0.15, -0.1) is 0 Å². The molecule has 2 N–H and O–H groups in total. The largest absolute Gasteiger partial charge is 0.493 e. The van der Waals surface area contributed by atoms with E-state index in [4.69, 9.17) is 0 Å². The number of rotatable bonds is 3. The van der Waals surface area contributed by atoms with Crippen molar-refractivity contribution in [3.05, 3.63) is 46.0 Å². The number of nitrogens with zero attached hydrogens (tertiary/aromatic N) is 1. The second-order valence-corrected chi connectivity index (χ2v) is 4.88. The van der Waals surface area contributed by atoms with Crippen LogP contribution in [0.4, 0.5) is 0 Å². The van der Waals surface area contributed by atoms with Gasteiger partial charge in [-0.3, -0.25) is 4.79 Å². The van der Waals surface area contributed by atoms with Crippen molar-refractivity contribution in [2.45, 2.75) is 12.7 Å². The fourth-order valence-electron chi connectivity index (χ4n) is 1.69. The monoisotopic (exact) mass is 262 g/mol. The van der Waals surface area contributed by atoms with Gasteiger partial charge in [-0.05, 0) is 18.7 Å². The van der Waals surface area contributed by atoms with Gasteiger partial charge in [0, 0.05) is 0 Å². The third-order valence-corrected chi connectivity index (χ3v) is 3.13. The molecule has 2 aromatic rings. The van der Waals surface area contributed by atoms with Crippen LogP contribution in [0.25, 0.3) is 11.1 Å². The third kappa shape index (κ3) is 2.56. The molecule has 0 unspecified atom stereocenters. The van der Waals surface area contributed by atoms with Crippen molar-refractivity contribution in [1.82, 2.24) is 9.97 Å². The van der Waals surface area contributed by atoms with Gasteiger partial charge < -0.3 is 10.1 Å². The smallest absolute Gasteiger partial charge is 0.262 e. The topological polar surface area (TPSA) is 66.0 Å². The Balaban J connectivity index is 2.52. The van der Waals surface area contributed by atoms with Crippen molar-refractivity contribution in [2.24, 2.45) is 0 Å². The zero-order chi connectivity index (χ0) is 13.1. The second kappa shape index (κ2) is 5.27. The lowest BCUT2D eigenvalue weighted by Crippen LogP contribution is -2.13. The van der Waals surface area contributed by atoms with Crippen LogP contribution >= 0.6 is 11.8 Å². The molecular weight excluding hydrogens is 248 g/mol. The summed E-state index contributed by atoms with van der Waals surface area (Å²) >= 11 is 1.53. The van der Waals surface area contributed by atoms with E-state index in [-0.39, 0.29) is 17.0 Å². The molecule has 0 aliphatic heterocycles. The standard InChI is InChI=1S/C13H14N2O2S/c1-8-3-5-9(6-4-8)11-12(16)14-10(7-18-2)15-13(11)17/h3-6H,7H2,1-2H3,(H2,14,15,16,17). The number of H-pyrrole nitrogens is 1. The van der Waals surface area contributed by atoms with Crippen molar-refractivity contribution < 1.29 is 5.11 Å². The lowest BCUT2D eigenvalue weighted by Gasteiger charge is -2.05. The Labute approximate surface area is 109 Å². The number of benzene rings is 1. The van der Waals surface area contributed by atoms with Crippen LogP contribution in [0.5, 0.6) is 5.88 Å². The summed E-state index contributed by atoms with van der Waals surface area (Å²) in [5.41, 5.74) is 1.68. The summed E-state index contributed by atoms with van der Waals surface area (Å²) in [6.07, 6.45) is 1.91. The maximum atomic E-state index is 12.0. The van der Waals surface area contributed by atoms with Gasteiger partial charge >= 0.3 is 0 Å². The van der Waals surface area contributed by atoms with E-state index in [0.29, 0.717) is 17.1 Å². The van der Waals surface area contributed by atoms with Gasteiger partial charge in [0.15, 0.2) is 0 Å². The molecule has 0 aliphatic rings. The van der Waals surface area contributed by atoms with Crippen molar-refractivity contribution in [3.8, 4) is 17.0 Å². The summed E-state index contributed by atoms with van der Waals surface area (Å²) in [6, 6.07) is 7.39. The molecule has 0 aliphatic carbocycles. The van der Waals surface area contributed by atoms with Crippen LogP contribution in [-0.4, -0.2) is 21.3 Å². The molecule has 2 rings (SSSR count). The van der Waals surface area contributed by atoms with Gasteiger partial charge in [-0.25, -0.2) is 0 Å². The van der Waals surface area contributed by atoms with Gasteiger partial charge in [-0.1, -0.05) is 29.8 Å². The highest BCUT2D eigenvalue weighted by molar-refractivity contribution is 7.97. The molecule has 0 saturated heterocycles. The molecule has 1 heterocycles. The Morgan fingerprint density at radius 3 is 2.56 bits per heavy atom. The van der Waals surface area contributed by atoms with Crippen molar-refractivity contribution in [2.75, 3.05) is 6.26 Å². The first-order chi connectivity index (χ1) is 8.61. The minimum Gasteiger partial charge on any atom is -0.493 e. The van der Waals surface area contributed by atoms with Crippen molar-refractivity contribution >= 4 is 11.8 Å². The van der Waals surface area contributed by atoms with Gasteiger partial charge in [0.1, 0.15) is 11.4 Å². The highest BCUT2D eigenvalue weighted by Gasteiger charge is 2.12. The lowest BCUT2D eigenvalue weighted by atomic mass is 10.1. The molecular formula is C13H14N2O2S. The molecule has 18 heavy (non-hydrogen) atoms. The Kier molecular flexibility index (Phi) is 3.72. The van der Waals surface area contributed by atoms with Crippen LogP contribution in [-0.2, 0) is 5.75 Å². The zero-order valence-electron chi connectivity index (χ0n) is 10.2. The highest BCUT2D eigenvalue weighted by atomic mass is 32.2. The number of hydrogen-bond acceptors (Lipinski definition) is 4. The van der Waals surface area contributed by atoms with Crippen molar-refractivity contribution in [3.63, 3.8) is 0 Å². The molecule has 0 bridgehead atoms. The lowest BCUT2D eigenvalue weighted by molar-refractivity contribution is 0.451. The number of nitrogens with one attached hydrogen (secondary N) is 1. The maximum absolute atomic E-state index is 12.0. The summed E-state index contributed by atoms with van der Waals surface area (Å²) in [7, 11) is 0. The van der Waals surface area contributed by atoms with Crippen LogP contribution < -0.4 is 5.56 Å². The second-order valence-electron chi connectivity index (χ2n) is 4.01. The van der Waals surface area contributed by atoms with Gasteiger partial charge in [0.2, 0.25) is 5.88 Å². The average Bonchev–Trinajstić information content (AvgIpc) is 2.31. The Hall–Kier alpha value is -1.75. The Morgan fingerprint density at radius 2 is 2.00 bits per heavy atom. The SMILES string of the molecule is CSCc1nc(O)c(-c2ccc(C)cc2)c(=O)[nH]1. The average molecular weight is 262 g/mol. The first kappa shape index (κ1) is 12.7. The third-order valence-electron chi connectivity index (χ3n) is 2.57. The minimum atomic E-state index is -0.310. The summed E-state index contributed by atoms with van der Waals surface area (Å²) in [5.74, 6) is 0.837. The summed E-state index contributed by atoms with van der Waals surface area (Å²) in [6.45, 7) is 1.97. The van der Waals surface area contributed by atoms with Gasteiger partial charge in [0.25, 0.3) is 5.56 Å². The quantitative estimate of drug-likeness (QED) is 0.891. The number of thioether (sulfide) groups is 1. The van der Waals surface area contributed by atoms with Crippen molar-refractivity contribution in [1.29, 1.82) is 0 Å². The van der Waals surface area contributed by atoms with Crippen LogP contribution in [0.15, 0.2) is 29.1 Å². The molecule has 1 aromatic heterocycles. The molecule has 5 heteroatoms. The van der Waals surface area contributed by atoms with Crippen LogP contribution in [0.1, 0.15) is 11.4 Å². The summed E-state index contributed by atoms with van der Waals surface area (Å²) in [4.78, 5) is 18.6. The molecule has 0 spiro atoms. The van der Waals surface area contributed by atoms with E-state index in [9.17, 15) is 9.90 Å². The van der Waals surface area contributed by atoms with E-state index in [0.717, 1.165) is 5.56 Å². The van der Waals surface area contributed by atoms with E-state index in [2.05, 4.69) is 9.97 Å². The van der Waals surface area contributed by atoms with Gasteiger partial charge in [-0.2, -0.15) is 16.7 Å². The summed E-state index contributed by atoms with van der Waals surface area (Å²) < 4.78 is 0. The molecule has 0 radical (unpaired) electrons. The molecule has 0 saturated carbocycles. The van der Waals surface area contributed by atoms with E-state index in [1.165, 1.54) is 11.8 Å².